The summed E-state index contributed by atoms with van der Waals surface area (Å²) in [4.78, 5) is 23.2. The largest absolute Gasteiger partial charge is 0.490 e. The molecule has 0 bridgehead atoms. The van der Waals surface area contributed by atoms with Gasteiger partial charge in [-0.25, -0.2) is 4.79 Å². The van der Waals surface area contributed by atoms with Crippen LogP contribution in [-0.2, 0) is 16.1 Å². The highest BCUT2D eigenvalue weighted by molar-refractivity contribution is 14.1. The van der Waals surface area contributed by atoms with E-state index in [0.29, 0.717) is 33.8 Å². The first-order chi connectivity index (χ1) is 13.9. The molecule has 2 rings (SSSR count). The van der Waals surface area contributed by atoms with Crippen LogP contribution in [0.2, 0.25) is 0 Å². The number of carboxylic acids is 1. The summed E-state index contributed by atoms with van der Waals surface area (Å²) in [5.41, 5.74) is 1.43. The van der Waals surface area contributed by atoms with E-state index in [1.54, 1.807) is 19.1 Å². The van der Waals surface area contributed by atoms with Crippen LogP contribution in [0.25, 0.3) is 6.08 Å². The Balaban J connectivity index is 2.23. The number of nitrogens with one attached hydrogen (secondary N) is 1. The van der Waals surface area contributed by atoms with Crippen LogP contribution in [0.3, 0.4) is 0 Å². The predicted octanol–water partition coefficient (Wildman–Crippen LogP) is 3.38. The van der Waals surface area contributed by atoms with Crippen LogP contribution < -0.4 is 14.8 Å². The van der Waals surface area contributed by atoms with Crippen LogP contribution in [0.4, 0.5) is 0 Å². The summed E-state index contributed by atoms with van der Waals surface area (Å²) in [5, 5.41) is 20.9. The molecule has 2 aromatic carbocycles. The van der Waals surface area contributed by atoms with E-state index in [2.05, 4.69) is 5.32 Å². The molecule has 0 aromatic heterocycles. The fraction of sp³-hybridized carbons (Fsp3) is 0.190. The molecule has 0 aliphatic heterocycles. The van der Waals surface area contributed by atoms with E-state index in [1.807, 2.05) is 59.0 Å². The molecule has 7 nitrogen and oxygen atoms in total. The second kappa shape index (κ2) is 11.1. The van der Waals surface area contributed by atoms with Crippen LogP contribution in [-0.4, -0.2) is 30.2 Å². The Hall–Kier alpha value is -3.06. The number of carbonyl (C=O) groups is 2. The number of hydrogen-bond acceptors (Lipinski definition) is 5. The molecule has 2 aromatic rings. The minimum Gasteiger partial charge on any atom is -0.490 e. The Kier molecular flexibility index (Phi) is 8.48. The monoisotopic (exact) mass is 506 g/mol. The van der Waals surface area contributed by atoms with E-state index in [4.69, 9.17) is 14.6 Å². The topological polar surface area (TPSA) is 109 Å². The fourth-order valence-corrected chi connectivity index (χ4v) is 3.18. The average molecular weight is 506 g/mol. The highest BCUT2D eigenvalue weighted by Crippen LogP contribution is 2.35. The lowest BCUT2D eigenvalue weighted by Crippen LogP contribution is -2.23. The number of nitriles is 1. The van der Waals surface area contributed by atoms with Crippen LogP contribution in [0.1, 0.15) is 18.1 Å². The molecule has 0 aliphatic rings. The number of hydrogen-bond donors (Lipinski definition) is 2. The lowest BCUT2D eigenvalue weighted by Gasteiger charge is -2.13. The molecule has 150 valence electrons. The van der Waals surface area contributed by atoms with Crippen LogP contribution in [0.15, 0.2) is 48.0 Å². The first-order valence-electron chi connectivity index (χ1n) is 8.69. The van der Waals surface area contributed by atoms with Gasteiger partial charge in [0.05, 0.1) is 10.2 Å². The van der Waals surface area contributed by atoms with Gasteiger partial charge in [-0.2, -0.15) is 5.26 Å². The standard InChI is InChI=1S/C21H19IN2O5/c1-2-28-18-10-15(9-17(22)20(18)29-13-19(25)26)8-16(11-23)21(27)24-12-14-6-4-3-5-7-14/h3-10H,2,12-13H2,1H3,(H,24,27)(H,25,26)/b16-8+. The van der Waals surface area contributed by atoms with Crippen molar-refractivity contribution in [2.75, 3.05) is 13.2 Å². The Morgan fingerprint density at radius 3 is 2.59 bits per heavy atom. The maximum absolute atomic E-state index is 12.4. The van der Waals surface area contributed by atoms with Gasteiger partial charge in [0.2, 0.25) is 0 Å². The molecule has 1 amide bonds. The number of ether oxygens (including phenoxy) is 2. The highest BCUT2D eigenvalue weighted by atomic mass is 127. The molecular formula is C21H19IN2O5. The summed E-state index contributed by atoms with van der Waals surface area (Å²) < 4.78 is 11.4. The lowest BCUT2D eigenvalue weighted by molar-refractivity contribution is -0.139. The summed E-state index contributed by atoms with van der Waals surface area (Å²) in [5.74, 6) is -0.947. The molecule has 0 heterocycles. The summed E-state index contributed by atoms with van der Waals surface area (Å²) in [6.07, 6.45) is 1.45. The van der Waals surface area contributed by atoms with Crippen LogP contribution >= 0.6 is 22.6 Å². The number of carbonyl (C=O) groups excluding carboxylic acids is 1. The normalized spacial score (nSPS) is 10.7. The molecule has 0 saturated heterocycles. The molecule has 2 N–H and O–H groups in total. The zero-order chi connectivity index (χ0) is 21.2. The Bertz CT molecular complexity index is 952. The van der Waals surface area contributed by atoms with E-state index < -0.39 is 18.5 Å². The lowest BCUT2D eigenvalue weighted by atomic mass is 10.1. The Labute approximate surface area is 182 Å². The van der Waals surface area contributed by atoms with Crippen molar-refractivity contribution in [2.24, 2.45) is 0 Å². The number of amides is 1. The zero-order valence-corrected chi connectivity index (χ0v) is 17.8. The van der Waals surface area contributed by atoms with Gasteiger partial charge in [-0.3, -0.25) is 4.79 Å². The van der Waals surface area contributed by atoms with E-state index in [0.717, 1.165) is 5.56 Å². The van der Waals surface area contributed by atoms with Gasteiger partial charge in [0.1, 0.15) is 11.6 Å². The molecule has 0 unspecified atom stereocenters. The smallest absolute Gasteiger partial charge is 0.341 e. The third kappa shape index (κ3) is 6.80. The first-order valence-corrected chi connectivity index (χ1v) is 9.77. The Morgan fingerprint density at radius 1 is 1.24 bits per heavy atom. The molecule has 8 heteroatoms. The van der Waals surface area contributed by atoms with E-state index in [9.17, 15) is 14.9 Å². The van der Waals surface area contributed by atoms with Gasteiger partial charge in [-0.1, -0.05) is 30.3 Å². The van der Waals surface area contributed by atoms with Crippen molar-refractivity contribution in [3.05, 3.63) is 62.7 Å². The first kappa shape index (κ1) is 22.2. The molecule has 0 atom stereocenters. The van der Waals surface area contributed by atoms with Gasteiger partial charge >= 0.3 is 5.97 Å². The second-order valence-corrected chi connectivity index (χ2v) is 6.95. The van der Waals surface area contributed by atoms with Gasteiger partial charge in [0, 0.05) is 6.54 Å². The number of carboxylic acid groups (broad SMARTS) is 1. The predicted molar refractivity (Wildman–Crippen MR) is 115 cm³/mol. The van der Waals surface area contributed by atoms with Crippen molar-refractivity contribution in [2.45, 2.75) is 13.5 Å². The highest BCUT2D eigenvalue weighted by Gasteiger charge is 2.15. The number of nitrogens with zero attached hydrogens (tertiary/aromatic N) is 1. The number of benzene rings is 2. The van der Waals surface area contributed by atoms with Crippen molar-refractivity contribution >= 4 is 40.5 Å². The average Bonchev–Trinajstić information content (AvgIpc) is 2.70. The third-order valence-corrected chi connectivity index (χ3v) is 4.44. The van der Waals surface area contributed by atoms with Gasteiger partial charge < -0.3 is 19.9 Å². The molecule has 0 spiro atoms. The summed E-state index contributed by atoms with van der Waals surface area (Å²) in [6.45, 7) is 1.93. The fourth-order valence-electron chi connectivity index (χ4n) is 2.40. The van der Waals surface area contributed by atoms with Crippen molar-refractivity contribution in [1.29, 1.82) is 5.26 Å². The van der Waals surface area contributed by atoms with Gasteiger partial charge in [0.15, 0.2) is 18.1 Å². The minimum absolute atomic E-state index is 0.0571. The maximum atomic E-state index is 12.4. The van der Waals surface area contributed by atoms with Crippen molar-refractivity contribution in [3.8, 4) is 17.6 Å². The molecule has 29 heavy (non-hydrogen) atoms. The number of rotatable bonds is 9. The number of aliphatic carboxylic acids is 1. The summed E-state index contributed by atoms with van der Waals surface area (Å²) >= 11 is 1.99. The van der Waals surface area contributed by atoms with E-state index in [1.165, 1.54) is 6.08 Å². The second-order valence-electron chi connectivity index (χ2n) is 5.78. The Morgan fingerprint density at radius 2 is 1.97 bits per heavy atom. The maximum Gasteiger partial charge on any atom is 0.341 e. The summed E-state index contributed by atoms with van der Waals surface area (Å²) in [6, 6.07) is 14.6. The molecule has 0 fully saturated rings. The quantitative estimate of drug-likeness (QED) is 0.307. The van der Waals surface area contributed by atoms with Gasteiger partial charge in [-0.15, -0.1) is 0 Å². The van der Waals surface area contributed by atoms with E-state index in [-0.39, 0.29) is 5.57 Å². The number of halogens is 1. The van der Waals surface area contributed by atoms with Crippen LogP contribution in [0.5, 0.6) is 11.5 Å². The SMILES string of the molecule is CCOc1cc(/C=C(\C#N)C(=O)NCc2ccccc2)cc(I)c1OCC(=O)O. The van der Waals surface area contributed by atoms with Crippen LogP contribution in [0, 0.1) is 14.9 Å². The van der Waals surface area contributed by atoms with Gasteiger partial charge in [0.25, 0.3) is 5.91 Å². The van der Waals surface area contributed by atoms with Gasteiger partial charge in [-0.05, 0) is 58.9 Å². The van der Waals surface area contributed by atoms with E-state index >= 15 is 0 Å². The van der Waals surface area contributed by atoms with Crippen molar-refractivity contribution in [3.63, 3.8) is 0 Å². The van der Waals surface area contributed by atoms with Crippen molar-refractivity contribution < 1.29 is 24.2 Å². The minimum atomic E-state index is -1.10. The third-order valence-electron chi connectivity index (χ3n) is 3.64. The molecular weight excluding hydrogens is 487 g/mol. The summed E-state index contributed by atoms with van der Waals surface area (Å²) in [7, 11) is 0. The molecule has 0 radical (unpaired) electrons. The molecule has 0 saturated carbocycles. The van der Waals surface area contributed by atoms with Crippen molar-refractivity contribution in [1.82, 2.24) is 5.32 Å². The molecule has 0 aliphatic carbocycles. The zero-order valence-electron chi connectivity index (χ0n) is 15.6.